The number of halogens is 1. The molecule has 0 aliphatic carbocycles. The van der Waals surface area contributed by atoms with Crippen LogP contribution in [0.3, 0.4) is 0 Å². The fourth-order valence-electron chi connectivity index (χ4n) is 5.22. The van der Waals surface area contributed by atoms with Crippen LogP contribution in [-0.4, -0.2) is 64.7 Å². The van der Waals surface area contributed by atoms with Crippen molar-refractivity contribution in [3.8, 4) is 17.0 Å². The lowest BCUT2D eigenvalue weighted by molar-refractivity contribution is -0.127. The van der Waals surface area contributed by atoms with Crippen LogP contribution in [0.5, 0.6) is 5.75 Å². The fraction of sp³-hybridized carbons (Fsp3) is 0.310. The first-order valence-corrected chi connectivity index (χ1v) is 12.9. The number of methoxy groups -OCH3 is 1. The number of H-pyrrole nitrogens is 1. The summed E-state index contributed by atoms with van der Waals surface area (Å²) in [6.45, 7) is 2.48. The fourth-order valence-corrected chi connectivity index (χ4v) is 5.22. The molecule has 202 valence electrons. The highest BCUT2D eigenvalue weighted by atomic mass is 19.1. The highest BCUT2D eigenvalue weighted by molar-refractivity contribution is 6.01. The van der Waals surface area contributed by atoms with Gasteiger partial charge in [-0.25, -0.2) is 4.39 Å². The highest BCUT2D eigenvalue weighted by Crippen LogP contribution is 2.29. The first-order valence-electron chi connectivity index (χ1n) is 12.9. The van der Waals surface area contributed by atoms with Crippen molar-refractivity contribution in [3.05, 3.63) is 77.4 Å². The second-order valence-electron chi connectivity index (χ2n) is 9.75. The Kier molecular flexibility index (Phi) is 7.56. The van der Waals surface area contributed by atoms with Gasteiger partial charge < -0.3 is 15.4 Å². The van der Waals surface area contributed by atoms with Gasteiger partial charge in [-0.05, 0) is 62.2 Å². The van der Waals surface area contributed by atoms with Crippen LogP contribution in [-0.2, 0) is 11.3 Å². The predicted octanol–water partition coefficient (Wildman–Crippen LogP) is 3.59. The molecule has 0 saturated carbocycles. The highest BCUT2D eigenvalue weighted by Gasteiger charge is 2.34. The topological polar surface area (TPSA) is 112 Å². The molecule has 3 heterocycles. The monoisotopic (exact) mass is 530 g/mol. The molecule has 0 bridgehead atoms. The van der Waals surface area contributed by atoms with E-state index in [-0.39, 0.29) is 24.4 Å². The SMILES string of the molecule is CNC(=O)C1CCC(NC(=O)c2ccc3[nH]nc(-c4ccnc(C)c4)c3c2)CN1Cc1c(F)cccc1OC. The number of aryl methyl sites for hydroxylation is 1. The van der Waals surface area contributed by atoms with Crippen molar-refractivity contribution in [3.63, 3.8) is 0 Å². The largest absolute Gasteiger partial charge is 0.496 e. The Bertz CT molecular complexity index is 1520. The van der Waals surface area contributed by atoms with E-state index in [1.807, 2.05) is 36.1 Å². The molecule has 9 nitrogen and oxygen atoms in total. The zero-order valence-corrected chi connectivity index (χ0v) is 22.1. The van der Waals surface area contributed by atoms with Gasteiger partial charge in [-0.15, -0.1) is 0 Å². The second kappa shape index (κ2) is 11.2. The Hall–Kier alpha value is -4.31. The van der Waals surface area contributed by atoms with Gasteiger partial charge in [-0.2, -0.15) is 5.10 Å². The summed E-state index contributed by atoms with van der Waals surface area (Å²) in [5.74, 6) is -0.337. The number of piperidine rings is 1. The zero-order valence-electron chi connectivity index (χ0n) is 22.1. The quantitative estimate of drug-likeness (QED) is 0.337. The maximum absolute atomic E-state index is 14.7. The summed E-state index contributed by atoms with van der Waals surface area (Å²) in [6.07, 6.45) is 2.87. The van der Waals surface area contributed by atoms with Crippen molar-refractivity contribution >= 4 is 22.7 Å². The Morgan fingerprint density at radius 1 is 1.18 bits per heavy atom. The summed E-state index contributed by atoms with van der Waals surface area (Å²) in [5, 5.41) is 14.1. The van der Waals surface area contributed by atoms with Gasteiger partial charge in [0.25, 0.3) is 5.91 Å². The van der Waals surface area contributed by atoms with Crippen molar-refractivity contribution in [2.45, 2.75) is 38.4 Å². The van der Waals surface area contributed by atoms with Crippen LogP contribution in [0.1, 0.15) is 34.5 Å². The molecule has 3 N–H and O–H groups in total. The van der Waals surface area contributed by atoms with E-state index in [1.165, 1.54) is 13.2 Å². The van der Waals surface area contributed by atoms with E-state index in [9.17, 15) is 14.0 Å². The Balaban J connectivity index is 1.36. The molecule has 0 radical (unpaired) electrons. The molecule has 1 fully saturated rings. The standard InChI is InChI=1S/C29H31FN6O3/c1-17-13-18(11-12-32-17)27-21-14-19(7-9-24(21)34-35-27)28(37)33-20-8-10-25(29(38)31-2)36(15-20)16-22-23(30)5-4-6-26(22)39-3/h4-7,9,11-14,20,25H,8,10,15-16H2,1-3H3,(H,31,38)(H,33,37)(H,34,35). The maximum Gasteiger partial charge on any atom is 0.251 e. The molecule has 0 spiro atoms. The molecule has 2 amide bonds. The van der Waals surface area contributed by atoms with Crippen molar-refractivity contribution < 1.29 is 18.7 Å². The van der Waals surface area contributed by atoms with E-state index in [1.54, 1.807) is 31.4 Å². The third-order valence-electron chi connectivity index (χ3n) is 7.22. The number of hydrogen-bond acceptors (Lipinski definition) is 6. The van der Waals surface area contributed by atoms with Crippen molar-refractivity contribution in [2.24, 2.45) is 0 Å². The van der Waals surface area contributed by atoms with Gasteiger partial charge in [0.15, 0.2) is 0 Å². The number of carbonyl (C=O) groups excluding carboxylic acids is 2. The van der Waals surface area contributed by atoms with Crippen LogP contribution in [0, 0.1) is 12.7 Å². The van der Waals surface area contributed by atoms with Gasteiger partial charge in [-0.3, -0.25) is 24.6 Å². The van der Waals surface area contributed by atoms with E-state index >= 15 is 0 Å². The van der Waals surface area contributed by atoms with E-state index in [4.69, 9.17) is 4.74 Å². The van der Waals surface area contributed by atoms with Crippen LogP contribution in [0.25, 0.3) is 22.2 Å². The van der Waals surface area contributed by atoms with Gasteiger partial charge in [0.2, 0.25) is 5.91 Å². The molecule has 1 saturated heterocycles. The Labute approximate surface area is 225 Å². The van der Waals surface area contributed by atoms with Crippen molar-refractivity contribution in [1.82, 2.24) is 30.7 Å². The molecule has 2 unspecified atom stereocenters. The number of hydrogen-bond donors (Lipinski definition) is 3. The van der Waals surface area contributed by atoms with Gasteiger partial charge in [0.05, 0.1) is 18.7 Å². The van der Waals surface area contributed by atoms with Crippen LogP contribution in [0.4, 0.5) is 4.39 Å². The zero-order chi connectivity index (χ0) is 27.5. The molecule has 5 rings (SSSR count). The number of likely N-dealkylation sites (tertiary alicyclic amines) is 1. The molecule has 10 heteroatoms. The Morgan fingerprint density at radius 2 is 2.03 bits per heavy atom. The summed E-state index contributed by atoms with van der Waals surface area (Å²) in [6, 6.07) is 13.3. The number of pyridine rings is 1. The number of carbonyl (C=O) groups is 2. The van der Waals surface area contributed by atoms with E-state index in [0.29, 0.717) is 36.3 Å². The minimum absolute atomic E-state index is 0.139. The van der Waals surface area contributed by atoms with Crippen LogP contribution < -0.4 is 15.4 Å². The molecular weight excluding hydrogens is 499 g/mol. The summed E-state index contributed by atoms with van der Waals surface area (Å²) in [4.78, 5) is 32.1. The minimum Gasteiger partial charge on any atom is -0.496 e. The molecular formula is C29H31FN6O3. The number of nitrogens with one attached hydrogen (secondary N) is 3. The molecule has 39 heavy (non-hydrogen) atoms. The third-order valence-corrected chi connectivity index (χ3v) is 7.22. The molecule has 2 aromatic carbocycles. The molecule has 1 aliphatic rings. The van der Waals surface area contributed by atoms with Crippen molar-refractivity contribution in [1.29, 1.82) is 0 Å². The van der Waals surface area contributed by atoms with Crippen LogP contribution in [0.15, 0.2) is 54.7 Å². The average Bonchev–Trinajstić information content (AvgIpc) is 3.37. The number of amides is 2. The number of benzene rings is 2. The van der Waals surface area contributed by atoms with Crippen molar-refractivity contribution in [2.75, 3.05) is 20.7 Å². The van der Waals surface area contributed by atoms with E-state index in [2.05, 4.69) is 25.8 Å². The first-order chi connectivity index (χ1) is 18.9. The first kappa shape index (κ1) is 26.3. The molecule has 2 atom stereocenters. The lowest BCUT2D eigenvalue weighted by Crippen LogP contribution is -2.55. The molecule has 2 aromatic heterocycles. The minimum atomic E-state index is -0.443. The van der Waals surface area contributed by atoms with Crippen LogP contribution >= 0.6 is 0 Å². The summed E-state index contributed by atoms with van der Waals surface area (Å²) >= 11 is 0. The predicted molar refractivity (Wildman–Crippen MR) is 146 cm³/mol. The van der Waals surface area contributed by atoms with Gasteiger partial charge >= 0.3 is 0 Å². The molecule has 1 aliphatic heterocycles. The number of rotatable bonds is 7. The number of aromatic amines is 1. The Morgan fingerprint density at radius 3 is 2.79 bits per heavy atom. The van der Waals surface area contributed by atoms with E-state index in [0.717, 1.165) is 27.9 Å². The average molecular weight is 531 g/mol. The summed E-state index contributed by atoms with van der Waals surface area (Å²) < 4.78 is 20.1. The van der Waals surface area contributed by atoms with Gasteiger partial charge in [0.1, 0.15) is 17.3 Å². The summed E-state index contributed by atoms with van der Waals surface area (Å²) in [5.41, 5.74) is 4.26. The second-order valence-corrected chi connectivity index (χ2v) is 9.75. The summed E-state index contributed by atoms with van der Waals surface area (Å²) in [7, 11) is 3.08. The smallest absolute Gasteiger partial charge is 0.251 e. The number of ether oxygens (including phenoxy) is 1. The number of fused-ring (bicyclic) bond motifs is 1. The third kappa shape index (κ3) is 5.46. The maximum atomic E-state index is 14.7. The number of likely N-dealkylation sites (N-methyl/N-ethyl adjacent to an activating group) is 1. The molecule has 4 aromatic rings. The normalized spacial score (nSPS) is 17.6. The number of aromatic nitrogens is 3. The van der Waals surface area contributed by atoms with Gasteiger partial charge in [-0.1, -0.05) is 6.07 Å². The number of nitrogens with zero attached hydrogens (tertiary/aromatic N) is 3. The lowest BCUT2D eigenvalue weighted by atomic mass is 9.96. The van der Waals surface area contributed by atoms with E-state index < -0.39 is 11.9 Å². The lowest BCUT2D eigenvalue weighted by Gasteiger charge is -2.39. The van der Waals surface area contributed by atoms with Crippen LogP contribution in [0.2, 0.25) is 0 Å². The van der Waals surface area contributed by atoms with Gasteiger partial charge in [0, 0.05) is 60.1 Å².